The number of hydrogen-bond donors (Lipinski definition) is 1. The zero-order chi connectivity index (χ0) is 14.0. The lowest BCUT2D eigenvalue weighted by atomic mass is 10.0. The number of carbonyl (C=O) groups is 1. The zero-order valence-corrected chi connectivity index (χ0v) is 10.9. The molecule has 0 unspecified atom stereocenters. The van der Waals surface area contributed by atoms with Crippen molar-refractivity contribution < 1.29 is 18.3 Å². The number of thiophene rings is 1. The maximum absolute atomic E-state index is 13.7. The van der Waals surface area contributed by atoms with Gasteiger partial charge in [-0.3, -0.25) is 0 Å². The second kappa shape index (κ2) is 5.36. The summed E-state index contributed by atoms with van der Waals surface area (Å²) in [6.07, 6.45) is 0. The second-order valence-electron chi connectivity index (χ2n) is 3.73. The Hall–Kier alpha value is -1.95. The molecule has 2 N–H and O–H groups in total. The largest absolute Gasteiger partial charge is 0.462 e. The van der Waals surface area contributed by atoms with Crippen LogP contribution in [0.1, 0.15) is 17.3 Å². The van der Waals surface area contributed by atoms with E-state index in [1.807, 2.05) is 0 Å². The number of anilines is 1. The van der Waals surface area contributed by atoms with Gasteiger partial charge in [-0.15, -0.1) is 11.3 Å². The molecule has 1 heterocycles. The van der Waals surface area contributed by atoms with Crippen LogP contribution in [0.5, 0.6) is 0 Å². The summed E-state index contributed by atoms with van der Waals surface area (Å²) in [5.41, 5.74) is 6.02. The Labute approximate surface area is 112 Å². The molecule has 0 aliphatic carbocycles. The number of halogens is 2. The number of ether oxygens (including phenoxy) is 1. The van der Waals surface area contributed by atoms with E-state index in [0.29, 0.717) is 0 Å². The Morgan fingerprint density at radius 2 is 2.11 bits per heavy atom. The third kappa shape index (κ3) is 2.58. The molecule has 1 aromatic carbocycles. The molecule has 2 aromatic rings. The van der Waals surface area contributed by atoms with E-state index < -0.39 is 17.6 Å². The summed E-state index contributed by atoms with van der Waals surface area (Å²) >= 11 is 1.08. The van der Waals surface area contributed by atoms with Crippen molar-refractivity contribution in [3.05, 3.63) is 40.8 Å². The number of esters is 1. The van der Waals surface area contributed by atoms with Gasteiger partial charge in [-0.25, -0.2) is 13.6 Å². The van der Waals surface area contributed by atoms with Crippen LogP contribution in [-0.4, -0.2) is 12.6 Å². The van der Waals surface area contributed by atoms with Crippen LogP contribution in [-0.2, 0) is 4.74 Å². The molecule has 0 radical (unpaired) electrons. The van der Waals surface area contributed by atoms with Crippen LogP contribution in [0, 0.1) is 11.6 Å². The summed E-state index contributed by atoms with van der Waals surface area (Å²) in [6.45, 7) is 1.84. The first kappa shape index (κ1) is 13.5. The summed E-state index contributed by atoms with van der Waals surface area (Å²) in [4.78, 5) is 11.8. The van der Waals surface area contributed by atoms with E-state index in [1.165, 1.54) is 5.38 Å². The number of nitrogens with two attached hydrogens (primary N) is 1. The summed E-state index contributed by atoms with van der Waals surface area (Å²) in [5, 5.41) is 1.73. The normalized spacial score (nSPS) is 10.5. The van der Waals surface area contributed by atoms with Gasteiger partial charge in [-0.05, 0) is 25.1 Å². The molecule has 3 nitrogen and oxygen atoms in total. The van der Waals surface area contributed by atoms with E-state index in [4.69, 9.17) is 10.5 Å². The first-order valence-corrected chi connectivity index (χ1v) is 6.42. The molecule has 100 valence electrons. The van der Waals surface area contributed by atoms with Gasteiger partial charge in [0.05, 0.1) is 6.61 Å². The van der Waals surface area contributed by atoms with Crippen LogP contribution < -0.4 is 5.73 Å². The van der Waals surface area contributed by atoms with Gasteiger partial charge in [-0.1, -0.05) is 0 Å². The first-order valence-electron chi connectivity index (χ1n) is 5.54. The number of benzene rings is 1. The van der Waals surface area contributed by atoms with Crippen molar-refractivity contribution in [1.29, 1.82) is 0 Å². The summed E-state index contributed by atoms with van der Waals surface area (Å²) in [5.74, 6) is -1.85. The Morgan fingerprint density at radius 3 is 2.79 bits per heavy atom. The van der Waals surface area contributed by atoms with E-state index >= 15 is 0 Å². The number of hydrogen-bond acceptors (Lipinski definition) is 4. The van der Waals surface area contributed by atoms with Gasteiger partial charge in [0.25, 0.3) is 0 Å². The quantitative estimate of drug-likeness (QED) is 0.878. The van der Waals surface area contributed by atoms with Crippen LogP contribution in [0.4, 0.5) is 13.8 Å². The maximum Gasteiger partial charge on any atom is 0.341 e. The minimum Gasteiger partial charge on any atom is -0.462 e. The van der Waals surface area contributed by atoms with Crippen LogP contribution in [0.2, 0.25) is 0 Å². The molecule has 0 amide bonds. The maximum atomic E-state index is 13.7. The van der Waals surface area contributed by atoms with Gasteiger partial charge in [0.15, 0.2) is 0 Å². The molecular formula is C13H11F2NO2S. The fraction of sp³-hybridized carbons (Fsp3) is 0.154. The van der Waals surface area contributed by atoms with E-state index in [2.05, 4.69) is 0 Å². The Bertz CT molecular complexity index is 625. The molecule has 0 spiro atoms. The van der Waals surface area contributed by atoms with Crippen molar-refractivity contribution in [2.45, 2.75) is 6.92 Å². The molecule has 0 saturated heterocycles. The fourth-order valence-corrected chi connectivity index (χ4v) is 2.49. The van der Waals surface area contributed by atoms with Crippen LogP contribution in [0.3, 0.4) is 0 Å². The highest BCUT2D eigenvalue weighted by Crippen LogP contribution is 2.35. The lowest BCUT2D eigenvalue weighted by molar-refractivity contribution is 0.0529. The third-order valence-corrected chi connectivity index (χ3v) is 3.33. The highest BCUT2D eigenvalue weighted by molar-refractivity contribution is 7.14. The molecule has 0 saturated carbocycles. The van der Waals surface area contributed by atoms with Crippen molar-refractivity contribution >= 4 is 22.3 Å². The number of carbonyl (C=O) groups excluding carboxylic acids is 1. The summed E-state index contributed by atoms with van der Waals surface area (Å²) in [6, 6.07) is 3.05. The Kier molecular flexibility index (Phi) is 3.80. The van der Waals surface area contributed by atoms with Crippen LogP contribution in [0.15, 0.2) is 23.6 Å². The molecule has 0 fully saturated rings. The number of nitrogen functional groups attached to an aromatic ring is 1. The molecule has 19 heavy (non-hydrogen) atoms. The summed E-state index contributed by atoms with van der Waals surface area (Å²) in [7, 11) is 0. The number of rotatable bonds is 3. The lowest BCUT2D eigenvalue weighted by Crippen LogP contribution is -2.07. The highest BCUT2D eigenvalue weighted by Gasteiger charge is 2.21. The van der Waals surface area contributed by atoms with Gasteiger partial charge in [0, 0.05) is 16.5 Å². The first-order chi connectivity index (χ1) is 9.04. The predicted octanol–water partition coefficient (Wildman–Crippen LogP) is 3.45. The average molecular weight is 283 g/mol. The molecule has 6 heteroatoms. The zero-order valence-electron chi connectivity index (χ0n) is 10.1. The van der Waals surface area contributed by atoms with E-state index in [0.717, 1.165) is 29.5 Å². The van der Waals surface area contributed by atoms with E-state index in [1.54, 1.807) is 6.92 Å². The third-order valence-electron chi connectivity index (χ3n) is 2.52. The minimum absolute atomic E-state index is 0.00370. The SMILES string of the molecule is CCOC(=O)c1c(-c2cc(F)ccc2F)csc1N. The molecule has 0 bridgehead atoms. The standard InChI is InChI=1S/C13H11F2NO2S/c1-2-18-13(17)11-9(6-19-12(11)16)8-5-7(14)3-4-10(8)15/h3-6H,2,16H2,1H3. The van der Waals surface area contributed by atoms with Crippen molar-refractivity contribution in [3.8, 4) is 11.1 Å². The summed E-state index contributed by atoms with van der Waals surface area (Å²) < 4.78 is 31.8. The Balaban J connectivity index is 2.57. The van der Waals surface area contributed by atoms with Gasteiger partial charge >= 0.3 is 5.97 Å². The molecule has 0 aliphatic rings. The van der Waals surface area contributed by atoms with Gasteiger partial charge < -0.3 is 10.5 Å². The molecule has 1 aromatic heterocycles. The van der Waals surface area contributed by atoms with Crippen molar-refractivity contribution in [2.75, 3.05) is 12.3 Å². The van der Waals surface area contributed by atoms with Gasteiger partial charge in [0.1, 0.15) is 22.2 Å². The van der Waals surface area contributed by atoms with Crippen LogP contribution in [0.25, 0.3) is 11.1 Å². The monoisotopic (exact) mass is 283 g/mol. The fourth-order valence-electron chi connectivity index (χ4n) is 1.69. The molecule has 0 atom stereocenters. The second-order valence-corrected chi connectivity index (χ2v) is 4.64. The molecular weight excluding hydrogens is 272 g/mol. The topological polar surface area (TPSA) is 52.3 Å². The molecule has 0 aliphatic heterocycles. The lowest BCUT2D eigenvalue weighted by Gasteiger charge is -2.06. The van der Waals surface area contributed by atoms with E-state index in [9.17, 15) is 13.6 Å². The van der Waals surface area contributed by atoms with Gasteiger partial charge in [0.2, 0.25) is 0 Å². The van der Waals surface area contributed by atoms with E-state index in [-0.39, 0.29) is 28.3 Å². The van der Waals surface area contributed by atoms with Gasteiger partial charge in [-0.2, -0.15) is 0 Å². The van der Waals surface area contributed by atoms with Crippen molar-refractivity contribution in [1.82, 2.24) is 0 Å². The highest BCUT2D eigenvalue weighted by atomic mass is 32.1. The van der Waals surface area contributed by atoms with Crippen molar-refractivity contribution in [2.24, 2.45) is 0 Å². The smallest absolute Gasteiger partial charge is 0.341 e. The Morgan fingerprint density at radius 1 is 1.37 bits per heavy atom. The van der Waals surface area contributed by atoms with Crippen LogP contribution >= 0.6 is 11.3 Å². The minimum atomic E-state index is -0.639. The average Bonchev–Trinajstić information content (AvgIpc) is 2.74. The predicted molar refractivity (Wildman–Crippen MR) is 70.0 cm³/mol. The van der Waals surface area contributed by atoms with Crippen molar-refractivity contribution in [3.63, 3.8) is 0 Å². The molecule has 2 rings (SSSR count).